The van der Waals surface area contributed by atoms with Crippen LogP contribution in [0.2, 0.25) is 0 Å². The van der Waals surface area contributed by atoms with Gasteiger partial charge < -0.3 is 18.9 Å². The lowest BCUT2D eigenvalue weighted by atomic mass is 9.95. The van der Waals surface area contributed by atoms with Gasteiger partial charge in [-0.05, 0) is 39.0 Å². The largest absolute Gasteiger partial charge is 0.494 e. The summed E-state index contributed by atoms with van der Waals surface area (Å²) in [4.78, 5) is 43.2. The van der Waals surface area contributed by atoms with Gasteiger partial charge in [0.25, 0.3) is 11.2 Å². The van der Waals surface area contributed by atoms with E-state index in [1.807, 2.05) is 6.92 Å². The topological polar surface area (TPSA) is 131 Å². The first kappa shape index (κ1) is 27.6. The molecule has 0 saturated carbocycles. The lowest BCUT2D eigenvalue weighted by Crippen LogP contribution is -2.40. The van der Waals surface area contributed by atoms with Crippen LogP contribution < -0.4 is 29.1 Å². The molecule has 204 valence electrons. The number of hydrogen-bond donors (Lipinski definition) is 0. The highest BCUT2D eigenvalue weighted by Crippen LogP contribution is 2.37. The Balaban J connectivity index is 2.02. The molecule has 3 aromatic rings. The van der Waals surface area contributed by atoms with Crippen LogP contribution in [0.1, 0.15) is 37.9 Å². The second-order valence-electron chi connectivity index (χ2n) is 8.30. The maximum absolute atomic E-state index is 13.9. The Kier molecular flexibility index (Phi) is 8.15. The number of benzene rings is 2. The van der Waals surface area contributed by atoms with Crippen molar-refractivity contribution in [2.75, 3.05) is 27.4 Å². The number of hydrogen-bond acceptors (Lipinski definition) is 10. The summed E-state index contributed by atoms with van der Waals surface area (Å²) >= 11 is 1.06. The number of methoxy groups -OCH3 is 2. The van der Waals surface area contributed by atoms with Crippen LogP contribution in [-0.4, -0.2) is 42.9 Å². The number of fused-ring (bicyclic) bond motifs is 1. The molecule has 11 nitrogen and oxygen atoms in total. The van der Waals surface area contributed by atoms with Crippen molar-refractivity contribution in [3.05, 3.63) is 88.6 Å². The molecule has 1 aliphatic rings. The standard InChI is InChI=1S/C27H27N3O8S/c1-6-37-19-11-9-8-10-17(19)24-23(26(32)38-7-2)15(3)28-27-29(24)25(31)22(39-27)13-16-12-20(35-4)21(36-5)14-18(16)30(33)34/h8-14,24H,6-7H2,1-5H3/b22-13-/t24-/m1/s1. The second-order valence-corrected chi connectivity index (χ2v) is 9.31. The number of esters is 1. The van der Waals surface area contributed by atoms with E-state index < -0.39 is 22.5 Å². The molecule has 2 aromatic carbocycles. The quantitative estimate of drug-likeness (QED) is 0.224. The normalized spacial score (nSPS) is 14.9. The monoisotopic (exact) mass is 553 g/mol. The van der Waals surface area contributed by atoms with Gasteiger partial charge in [0, 0.05) is 5.56 Å². The van der Waals surface area contributed by atoms with Gasteiger partial charge >= 0.3 is 5.97 Å². The number of nitro groups is 1. The molecule has 0 N–H and O–H groups in total. The van der Waals surface area contributed by atoms with Crippen LogP contribution in [0.3, 0.4) is 0 Å². The summed E-state index contributed by atoms with van der Waals surface area (Å²) in [6, 6.07) is 8.93. The SMILES string of the molecule is CCOC(=O)C1=C(C)N=c2s/c(=C\c3cc(OC)c(OC)cc3[N+](=O)[O-])c(=O)n2[C@@H]1c1ccccc1OCC. The number of rotatable bonds is 9. The van der Waals surface area contributed by atoms with E-state index in [1.165, 1.54) is 37.0 Å². The van der Waals surface area contributed by atoms with Crippen LogP contribution in [0, 0.1) is 10.1 Å². The third-order valence-electron chi connectivity index (χ3n) is 6.05. The summed E-state index contributed by atoms with van der Waals surface area (Å²) < 4.78 is 23.3. The zero-order valence-electron chi connectivity index (χ0n) is 22.0. The van der Waals surface area contributed by atoms with Crippen molar-refractivity contribution in [1.29, 1.82) is 0 Å². The van der Waals surface area contributed by atoms with Crippen molar-refractivity contribution in [1.82, 2.24) is 4.57 Å². The number of nitrogens with zero attached hydrogens (tertiary/aromatic N) is 3. The third kappa shape index (κ3) is 5.15. The number of thiazole rings is 1. The summed E-state index contributed by atoms with van der Waals surface area (Å²) in [5, 5.41) is 11.8. The summed E-state index contributed by atoms with van der Waals surface area (Å²) in [5.41, 5.74) is 0.597. The van der Waals surface area contributed by atoms with E-state index in [1.54, 1.807) is 38.1 Å². The highest BCUT2D eigenvalue weighted by molar-refractivity contribution is 7.07. The molecule has 0 bridgehead atoms. The van der Waals surface area contributed by atoms with Crippen molar-refractivity contribution in [3.63, 3.8) is 0 Å². The van der Waals surface area contributed by atoms with E-state index in [2.05, 4.69) is 4.99 Å². The molecule has 12 heteroatoms. The van der Waals surface area contributed by atoms with Crippen LogP contribution in [0.4, 0.5) is 5.69 Å². The fourth-order valence-corrected chi connectivity index (χ4v) is 5.42. The van der Waals surface area contributed by atoms with Crippen LogP contribution in [0.15, 0.2) is 57.5 Å². The van der Waals surface area contributed by atoms with Crippen molar-refractivity contribution < 1.29 is 28.7 Å². The predicted octanol–water partition coefficient (Wildman–Crippen LogP) is 3.12. The molecular formula is C27H27N3O8S. The molecule has 1 aliphatic heterocycles. The highest BCUT2D eigenvalue weighted by Gasteiger charge is 2.35. The average Bonchev–Trinajstić information content (AvgIpc) is 3.22. The Morgan fingerprint density at radius 3 is 2.46 bits per heavy atom. The van der Waals surface area contributed by atoms with Gasteiger partial charge in [0.1, 0.15) is 11.8 Å². The molecule has 0 spiro atoms. The van der Waals surface area contributed by atoms with Gasteiger partial charge in [-0.2, -0.15) is 0 Å². The van der Waals surface area contributed by atoms with Crippen LogP contribution in [0.25, 0.3) is 6.08 Å². The summed E-state index contributed by atoms with van der Waals surface area (Å²) in [6.07, 6.45) is 1.42. The molecule has 0 saturated heterocycles. The van der Waals surface area contributed by atoms with Crippen molar-refractivity contribution in [2.24, 2.45) is 4.99 Å². The molecule has 2 heterocycles. The van der Waals surface area contributed by atoms with Crippen LogP contribution in [-0.2, 0) is 9.53 Å². The zero-order valence-corrected chi connectivity index (χ0v) is 22.9. The lowest BCUT2D eigenvalue weighted by Gasteiger charge is -2.26. The van der Waals surface area contributed by atoms with Gasteiger partial charge in [-0.25, -0.2) is 9.79 Å². The van der Waals surface area contributed by atoms with E-state index in [4.69, 9.17) is 18.9 Å². The average molecular weight is 554 g/mol. The first-order valence-corrected chi connectivity index (χ1v) is 12.9. The second kappa shape index (κ2) is 11.5. The van der Waals surface area contributed by atoms with E-state index in [-0.39, 0.29) is 39.5 Å². The molecule has 1 atom stereocenters. The number of aromatic nitrogens is 1. The molecule has 0 amide bonds. The maximum Gasteiger partial charge on any atom is 0.338 e. The number of nitro benzene ring substituents is 1. The first-order chi connectivity index (χ1) is 18.7. The number of carbonyl (C=O) groups excluding carboxylic acids is 1. The van der Waals surface area contributed by atoms with Gasteiger partial charge in [0.2, 0.25) is 0 Å². The highest BCUT2D eigenvalue weighted by atomic mass is 32.1. The molecule has 0 aliphatic carbocycles. The van der Waals surface area contributed by atoms with Crippen molar-refractivity contribution >= 4 is 29.1 Å². The minimum absolute atomic E-state index is 0.142. The van der Waals surface area contributed by atoms with E-state index in [0.717, 1.165) is 11.3 Å². The number of para-hydroxylation sites is 1. The number of ether oxygens (including phenoxy) is 4. The lowest BCUT2D eigenvalue weighted by molar-refractivity contribution is -0.385. The Morgan fingerprint density at radius 2 is 1.82 bits per heavy atom. The smallest absolute Gasteiger partial charge is 0.338 e. The predicted molar refractivity (Wildman–Crippen MR) is 144 cm³/mol. The van der Waals surface area contributed by atoms with E-state index >= 15 is 0 Å². The fourth-order valence-electron chi connectivity index (χ4n) is 4.38. The maximum atomic E-state index is 13.9. The van der Waals surface area contributed by atoms with Gasteiger partial charge in [-0.1, -0.05) is 29.5 Å². The minimum atomic E-state index is -0.884. The van der Waals surface area contributed by atoms with Gasteiger partial charge in [-0.3, -0.25) is 19.5 Å². The zero-order chi connectivity index (χ0) is 28.3. The first-order valence-electron chi connectivity index (χ1n) is 12.1. The number of allylic oxidation sites excluding steroid dienone is 1. The number of carbonyl (C=O) groups is 1. The summed E-state index contributed by atoms with van der Waals surface area (Å²) in [6.45, 7) is 5.73. The minimum Gasteiger partial charge on any atom is -0.494 e. The van der Waals surface area contributed by atoms with Gasteiger partial charge in [0.05, 0.1) is 59.8 Å². The Hall–Kier alpha value is -4.45. The Labute approximate surface area is 227 Å². The molecule has 0 unspecified atom stereocenters. The summed E-state index contributed by atoms with van der Waals surface area (Å²) in [7, 11) is 2.79. The molecule has 1 aromatic heterocycles. The van der Waals surface area contributed by atoms with E-state index in [0.29, 0.717) is 28.4 Å². The Morgan fingerprint density at radius 1 is 1.13 bits per heavy atom. The third-order valence-corrected chi connectivity index (χ3v) is 7.03. The van der Waals surface area contributed by atoms with Crippen LogP contribution in [0.5, 0.6) is 17.2 Å². The summed E-state index contributed by atoms with van der Waals surface area (Å²) in [5.74, 6) is 0.364. The molecule has 0 fully saturated rings. The molecular weight excluding hydrogens is 526 g/mol. The fraction of sp³-hybridized carbons (Fsp3) is 0.296. The van der Waals surface area contributed by atoms with Gasteiger partial charge in [0.15, 0.2) is 16.3 Å². The van der Waals surface area contributed by atoms with E-state index in [9.17, 15) is 19.7 Å². The molecule has 4 rings (SSSR count). The van der Waals surface area contributed by atoms with Crippen molar-refractivity contribution in [2.45, 2.75) is 26.8 Å². The molecule has 0 radical (unpaired) electrons. The Bertz CT molecular complexity index is 1650. The van der Waals surface area contributed by atoms with Crippen molar-refractivity contribution in [3.8, 4) is 17.2 Å². The van der Waals surface area contributed by atoms with Crippen LogP contribution >= 0.6 is 11.3 Å². The molecule has 39 heavy (non-hydrogen) atoms. The van der Waals surface area contributed by atoms with Gasteiger partial charge in [-0.15, -0.1) is 0 Å².